The average molecular weight is 337 g/mol. The normalized spacial score (nSPS) is 17.4. The second-order valence-electron chi connectivity index (χ2n) is 9.59. The Kier molecular flexibility index (Phi) is 4.28. The molecule has 0 N–H and O–H groups in total. The van der Waals surface area contributed by atoms with E-state index in [1.54, 1.807) is 10.4 Å². The van der Waals surface area contributed by atoms with E-state index >= 15 is 0 Å². The summed E-state index contributed by atoms with van der Waals surface area (Å²) in [4.78, 5) is 0. The topological polar surface area (TPSA) is 0 Å². The second kappa shape index (κ2) is 5.88. The van der Waals surface area contributed by atoms with E-state index in [1.165, 1.54) is 29.6 Å². The molecule has 0 nitrogen and oxygen atoms in total. The van der Waals surface area contributed by atoms with Gasteiger partial charge in [-0.15, -0.1) is 0 Å². The maximum absolute atomic E-state index is 2.43. The summed E-state index contributed by atoms with van der Waals surface area (Å²) in [5.74, 6) is 0. The first-order valence-corrected chi connectivity index (χ1v) is 11.8. The summed E-state index contributed by atoms with van der Waals surface area (Å²) in [6.45, 7) is 13.8. The van der Waals surface area contributed by atoms with Crippen molar-refractivity contribution in [1.82, 2.24) is 0 Å². The molecule has 1 heterocycles. The van der Waals surface area contributed by atoms with Gasteiger partial charge in [-0.1, -0.05) is 107 Å². The lowest BCUT2D eigenvalue weighted by Crippen LogP contribution is -2.62. The average Bonchev–Trinajstić information content (AvgIpc) is 2.45. The Hall–Kier alpha value is -1.34. The Bertz CT molecular complexity index is 630. The number of hydrogen-bond acceptors (Lipinski definition) is 0. The fourth-order valence-electron chi connectivity index (χ4n) is 3.85. The molecule has 0 saturated carbocycles. The van der Waals surface area contributed by atoms with Crippen LogP contribution in [-0.2, 0) is 10.8 Å². The van der Waals surface area contributed by atoms with Crippen LogP contribution in [0.15, 0.2) is 48.5 Å². The molecule has 0 amide bonds. The van der Waals surface area contributed by atoms with Crippen LogP contribution < -0.4 is 10.4 Å². The van der Waals surface area contributed by atoms with Gasteiger partial charge in [-0.25, -0.2) is 0 Å². The third-order valence-corrected chi connectivity index (χ3v) is 11.1. The zero-order valence-electron chi connectivity index (χ0n) is 16.2. The molecule has 128 valence electrons. The van der Waals surface area contributed by atoms with Gasteiger partial charge in [0.1, 0.15) is 8.07 Å². The SMILES string of the molecule is CC(C)(C)c1ccc([Si]2(c3ccc(C(C)(C)C)cc3)CCC2)cc1. The monoisotopic (exact) mass is 336 g/mol. The van der Waals surface area contributed by atoms with Crippen molar-refractivity contribution in [2.75, 3.05) is 0 Å². The molecule has 1 aliphatic heterocycles. The van der Waals surface area contributed by atoms with Crippen LogP contribution in [-0.4, -0.2) is 8.07 Å². The Balaban J connectivity index is 1.95. The lowest BCUT2D eigenvalue weighted by Gasteiger charge is -2.41. The molecule has 1 heteroatoms. The van der Waals surface area contributed by atoms with E-state index < -0.39 is 8.07 Å². The van der Waals surface area contributed by atoms with Gasteiger partial charge in [-0.05, 0) is 34.0 Å². The van der Waals surface area contributed by atoms with E-state index in [0.717, 1.165) is 0 Å². The first-order chi connectivity index (χ1) is 11.1. The van der Waals surface area contributed by atoms with Crippen molar-refractivity contribution in [3.63, 3.8) is 0 Å². The number of benzene rings is 2. The molecular formula is C23H32Si. The Morgan fingerprint density at radius 1 is 0.583 bits per heavy atom. The third kappa shape index (κ3) is 3.11. The van der Waals surface area contributed by atoms with Crippen LogP contribution >= 0.6 is 0 Å². The lowest BCUT2D eigenvalue weighted by molar-refractivity contribution is 0.590. The van der Waals surface area contributed by atoms with Crippen molar-refractivity contribution in [3.8, 4) is 0 Å². The summed E-state index contributed by atoms with van der Waals surface area (Å²) < 4.78 is 0. The van der Waals surface area contributed by atoms with E-state index in [0.29, 0.717) is 0 Å². The Labute approximate surface area is 149 Å². The highest BCUT2D eigenvalue weighted by molar-refractivity contribution is 7.04. The third-order valence-electron chi connectivity index (χ3n) is 5.81. The zero-order chi connectivity index (χ0) is 17.6. The van der Waals surface area contributed by atoms with Gasteiger partial charge in [0.15, 0.2) is 0 Å². The maximum Gasteiger partial charge on any atom is 0.118 e. The molecule has 2 aromatic carbocycles. The fourth-order valence-corrected chi connectivity index (χ4v) is 8.01. The van der Waals surface area contributed by atoms with Gasteiger partial charge in [0.25, 0.3) is 0 Å². The molecule has 2 aromatic rings. The molecule has 1 aliphatic rings. The standard InChI is InChI=1S/C23H32Si/c1-22(2,3)18-8-12-20(13-9-18)24(16-7-17-24)21-14-10-19(11-15-21)23(4,5)6/h8-15H,7,16-17H2,1-6H3. The second-order valence-corrected chi connectivity index (χ2v) is 13.9. The Morgan fingerprint density at radius 3 is 1.12 bits per heavy atom. The largest absolute Gasteiger partial charge is 0.118 e. The summed E-state index contributed by atoms with van der Waals surface area (Å²) in [5.41, 5.74) is 3.36. The highest BCUT2D eigenvalue weighted by Gasteiger charge is 2.43. The minimum Gasteiger partial charge on any atom is -0.0623 e. The molecule has 0 aliphatic carbocycles. The zero-order valence-corrected chi connectivity index (χ0v) is 17.2. The van der Waals surface area contributed by atoms with Crippen molar-refractivity contribution in [2.45, 2.75) is 70.9 Å². The predicted molar refractivity (Wildman–Crippen MR) is 110 cm³/mol. The van der Waals surface area contributed by atoms with Crippen LogP contribution in [0.1, 0.15) is 59.1 Å². The summed E-state index contributed by atoms with van der Waals surface area (Å²) in [5, 5.41) is 3.26. The summed E-state index contributed by atoms with van der Waals surface area (Å²) in [7, 11) is -1.46. The number of hydrogen-bond donors (Lipinski definition) is 0. The van der Waals surface area contributed by atoms with Gasteiger partial charge in [0.05, 0.1) is 0 Å². The van der Waals surface area contributed by atoms with Gasteiger partial charge in [0.2, 0.25) is 0 Å². The molecule has 0 aromatic heterocycles. The lowest BCUT2D eigenvalue weighted by atomic mass is 9.87. The maximum atomic E-state index is 2.43. The first kappa shape index (κ1) is 17.5. The smallest absolute Gasteiger partial charge is 0.0623 e. The van der Waals surface area contributed by atoms with Gasteiger partial charge in [0, 0.05) is 0 Å². The Morgan fingerprint density at radius 2 is 0.917 bits per heavy atom. The van der Waals surface area contributed by atoms with Crippen LogP contribution in [0, 0.1) is 0 Å². The molecule has 3 rings (SSSR count). The van der Waals surface area contributed by atoms with E-state index in [1.807, 2.05) is 0 Å². The first-order valence-electron chi connectivity index (χ1n) is 9.35. The summed E-state index contributed by atoms with van der Waals surface area (Å²) in [6.07, 6.45) is 1.40. The van der Waals surface area contributed by atoms with Crippen LogP contribution in [0.2, 0.25) is 12.1 Å². The molecule has 0 unspecified atom stereocenters. The molecule has 24 heavy (non-hydrogen) atoms. The van der Waals surface area contributed by atoms with E-state index in [9.17, 15) is 0 Å². The van der Waals surface area contributed by atoms with Crippen LogP contribution in [0.5, 0.6) is 0 Å². The van der Waals surface area contributed by atoms with Gasteiger partial charge in [-0.3, -0.25) is 0 Å². The quantitative estimate of drug-likeness (QED) is 0.657. The fraction of sp³-hybridized carbons (Fsp3) is 0.478. The minimum absolute atomic E-state index is 0.237. The highest BCUT2D eigenvalue weighted by atomic mass is 28.3. The summed E-state index contributed by atoms with van der Waals surface area (Å²) in [6, 6.07) is 22.0. The van der Waals surface area contributed by atoms with Crippen molar-refractivity contribution < 1.29 is 0 Å². The number of rotatable bonds is 2. The van der Waals surface area contributed by atoms with Gasteiger partial charge in [-0.2, -0.15) is 0 Å². The highest BCUT2D eigenvalue weighted by Crippen LogP contribution is 2.33. The molecule has 0 spiro atoms. The molecule has 0 bridgehead atoms. The van der Waals surface area contributed by atoms with E-state index in [-0.39, 0.29) is 10.8 Å². The molecule has 1 fully saturated rings. The van der Waals surface area contributed by atoms with Crippen molar-refractivity contribution in [1.29, 1.82) is 0 Å². The van der Waals surface area contributed by atoms with Crippen molar-refractivity contribution >= 4 is 18.4 Å². The summed E-state index contributed by atoms with van der Waals surface area (Å²) >= 11 is 0. The van der Waals surface area contributed by atoms with E-state index in [2.05, 4.69) is 90.1 Å². The molecule has 0 radical (unpaired) electrons. The predicted octanol–water partition coefficient (Wildman–Crippen LogP) is 5.25. The molecule has 0 atom stereocenters. The van der Waals surface area contributed by atoms with Crippen LogP contribution in [0.4, 0.5) is 0 Å². The van der Waals surface area contributed by atoms with Gasteiger partial charge < -0.3 is 0 Å². The molecular weight excluding hydrogens is 304 g/mol. The van der Waals surface area contributed by atoms with Crippen LogP contribution in [0.3, 0.4) is 0 Å². The minimum atomic E-state index is -1.46. The van der Waals surface area contributed by atoms with E-state index in [4.69, 9.17) is 0 Å². The van der Waals surface area contributed by atoms with Crippen molar-refractivity contribution in [2.24, 2.45) is 0 Å². The van der Waals surface area contributed by atoms with Crippen LogP contribution in [0.25, 0.3) is 0 Å². The van der Waals surface area contributed by atoms with Crippen molar-refractivity contribution in [3.05, 3.63) is 59.7 Å². The van der Waals surface area contributed by atoms with Gasteiger partial charge >= 0.3 is 0 Å². The molecule has 1 saturated heterocycles.